The third-order valence-corrected chi connectivity index (χ3v) is 2.05. The van der Waals surface area contributed by atoms with Gasteiger partial charge >= 0.3 is 5.97 Å². The maximum absolute atomic E-state index is 11.0. The Balaban J connectivity index is 2.58. The zero-order chi connectivity index (χ0) is 10.8. The predicted octanol–water partition coefficient (Wildman–Crippen LogP) is 2.20. The van der Waals surface area contributed by atoms with E-state index in [4.69, 9.17) is 14.0 Å². The molecule has 0 radical (unpaired) electrons. The summed E-state index contributed by atoms with van der Waals surface area (Å²) in [6, 6.07) is 3.31. The molecule has 0 bridgehead atoms. The molecule has 0 saturated carbocycles. The first-order valence-corrected chi connectivity index (χ1v) is 4.49. The third kappa shape index (κ3) is 1.52. The van der Waals surface area contributed by atoms with E-state index in [1.165, 1.54) is 6.26 Å². The summed E-state index contributed by atoms with van der Waals surface area (Å²) < 4.78 is 10.0. The van der Waals surface area contributed by atoms with Gasteiger partial charge in [-0.3, -0.25) is 0 Å². The van der Waals surface area contributed by atoms with E-state index in [9.17, 15) is 4.79 Å². The number of carbonyl (C=O) groups is 1. The number of hydrogen-bond acceptors (Lipinski definition) is 4. The smallest absolute Gasteiger partial charge is 0.341 e. The van der Waals surface area contributed by atoms with Gasteiger partial charge in [-0.1, -0.05) is 12.1 Å². The molecule has 0 amide bonds. The Morgan fingerprint density at radius 2 is 2.40 bits per heavy atom. The lowest BCUT2D eigenvalue weighted by molar-refractivity contribution is 0.0695. The number of nitrogens with zero attached hydrogens (tertiary/aromatic N) is 1. The van der Waals surface area contributed by atoms with E-state index in [1.807, 2.05) is 0 Å². The second kappa shape index (κ2) is 3.61. The first-order chi connectivity index (χ1) is 7.24. The van der Waals surface area contributed by atoms with Gasteiger partial charge in [0.2, 0.25) is 0 Å². The van der Waals surface area contributed by atoms with Gasteiger partial charge in [-0.25, -0.2) is 4.79 Å². The van der Waals surface area contributed by atoms with Crippen LogP contribution in [0.1, 0.15) is 23.0 Å². The minimum Gasteiger partial charge on any atom is -0.477 e. The molecule has 0 unspecified atom stereocenters. The van der Waals surface area contributed by atoms with Crippen molar-refractivity contribution < 1.29 is 18.8 Å². The fraction of sp³-hybridized carbons (Fsp3) is 0.200. The molecule has 2 aromatic heterocycles. The van der Waals surface area contributed by atoms with Crippen molar-refractivity contribution in [1.82, 2.24) is 5.16 Å². The number of furan rings is 1. The van der Waals surface area contributed by atoms with Crippen LogP contribution in [0.25, 0.3) is 11.5 Å². The molecule has 0 aliphatic carbocycles. The van der Waals surface area contributed by atoms with Crippen molar-refractivity contribution in [1.29, 1.82) is 0 Å². The van der Waals surface area contributed by atoms with Crippen molar-refractivity contribution in [3.63, 3.8) is 0 Å². The summed E-state index contributed by atoms with van der Waals surface area (Å²) in [5, 5.41) is 12.7. The number of carboxylic acid groups (broad SMARTS) is 1. The molecule has 0 aromatic carbocycles. The molecule has 0 saturated heterocycles. The lowest BCUT2D eigenvalue weighted by atomic mass is 10.1. The molecule has 5 heteroatoms. The third-order valence-electron chi connectivity index (χ3n) is 2.05. The lowest BCUT2D eigenvalue weighted by Gasteiger charge is -1.93. The number of aromatic nitrogens is 1. The summed E-state index contributed by atoms with van der Waals surface area (Å²) in [4.78, 5) is 11.0. The van der Waals surface area contributed by atoms with Crippen LogP contribution in [0.4, 0.5) is 0 Å². The molecule has 2 heterocycles. The van der Waals surface area contributed by atoms with Crippen molar-refractivity contribution >= 4 is 5.97 Å². The molecule has 2 aromatic rings. The van der Waals surface area contributed by atoms with Crippen molar-refractivity contribution in [2.45, 2.75) is 13.3 Å². The van der Waals surface area contributed by atoms with E-state index in [0.717, 1.165) is 0 Å². The molecule has 2 rings (SSSR count). The van der Waals surface area contributed by atoms with Gasteiger partial charge in [0.25, 0.3) is 0 Å². The van der Waals surface area contributed by atoms with Crippen LogP contribution in [0, 0.1) is 0 Å². The second-order valence-electron chi connectivity index (χ2n) is 2.97. The molecule has 0 atom stereocenters. The van der Waals surface area contributed by atoms with Gasteiger partial charge in [-0.15, -0.1) is 0 Å². The average Bonchev–Trinajstić information content (AvgIpc) is 2.85. The Hall–Kier alpha value is -2.04. The Kier molecular flexibility index (Phi) is 2.29. The zero-order valence-electron chi connectivity index (χ0n) is 8.06. The van der Waals surface area contributed by atoms with Crippen LogP contribution in [-0.4, -0.2) is 16.2 Å². The highest BCUT2D eigenvalue weighted by molar-refractivity contribution is 5.95. The van der Waals surface area contributed by atoms with E-state index >= 15 is 0 Å². The average molecular weight is 207 g/mol. The molecule has 0 spiro atoms. The number of aromatic carboxylic acids is 1. The summed E-state index contributed by atoms with van der Waals surface area (Å²) in [7, 11) is 0. The Bertz CT molecular complexity index is 470. The van der Waals surface area contributed by atoms with Crippen LogP contribution in [-0.2, 0) is 6.42 Å². The standard InChI is InChI=1S/C10H9NO4/c1-2-6-8(10(12)13)9(11-15-6)7-4-3-5-14-7/h3-5H,2H2,1H3,(H,12,13). The fourth-order valence-electron chi connectivity index (χ4n) is 1.37. The van der Waals surface area contributed by atoms with Crippen molar-refractivity contribution in [3.05, 3.63) is 29.7 Å². The zero-order valence-corrected chi connectivity index (χ0v) is 8.06. The second-order valence-corrected chi connectivity index (χ2v) is 2.97. The first kappa shape index (κ1) is 9.51. The first-order valence-electron chi connectivity index (χ1n) is 4.49. The highest BCUT2D eigenvalue weighted by Crippen LogP contribution is 2.26. The molecule has 0 aliphatic rings. The Morgan fingerprint density at radius 3 is 2.93 bits per heavy atom. The highest BCUT2D eigenvalue weighted by atomic mass is 16.5. The summed E-state index contributed by atoms with van der Waals surface area (Å²) in [5.41, 5.74) is 0.316. The van der Waals surface area contributed by atoms with Crippen LogP contribution < -0.4 is 0 Å². The minimum absolute atomic E-state index is 0.0763. The Labute approximate surface area is 85.3 Å². The van der Waals surface area contributed by atoms with Gasteiger partial charge in [-0.05, 0) is 12.1 Å². The number of rotatable bonds is 3. The monoisotopic (exact) mass is 207 g/mol. The van der Waals surface area contributed by atoms with Crippen molar-refractivity contribution in [3.8, 4) is 11.5 Å². The SMILES string of the molecule is CCc1onc(-c2ccco2)c1C(=O)O. The summed E-state index contributed by atoms with van der Waals surface area (Å²) in [6.45, 7) is 1.80. The number of hydrogen-bond donors (Lipinski definition) is 1. The van der Waals surface area contributed by atoms with Gasteiger partial charge in [0.1, 0.15) is 5.56 Å². The van der Waals surface area contributed by atoms with Crippen molar-refractivity contribution in [2.75, 3.05) is 0 Å². The van der Waals surface area contributed by atoms with Gasteiger partial charge in [-0.2, -0.15) is 0 Å². The van der Waals surface area contributed by atoms with Crippen LogP contribution >= 0.6 is 0 Å². The van der Waals surface area contributed by atoms with Crippen molar-refractivity contribution in [2.24, 2.45) is 0 Å². The number of carboxylic acids is 1. The molecule has 78 valence electrons. The Morgan fingerprint density at radius 1 is 1.60 bits per heavy atom. The van der Waals surface area contributed by atoms with Gasteiger partial charge in [0.05, 0.1) is 6.26 Å². The topological polar surface area (TPSA) is 76.5 Å². The molecule has 0 fully saturated rings. The van der Waals surface area contributed by atoms with Gasteiger partial charge < -0.3 is 14.0 Å². The van der Waals surface area contributed by atoms with E-state index < -0.39 is 5.97 Å². The van der Waals surface area contributed by atoms with E-state index in [1.54, 1.807) is 19.1 Å². The minimum atomic E-state index is -1.06. The van der Waals surface area contributed by atoms with E-state index in [-0.39, 0.29) is 11.3 Å². The normalized spacial score (nSPS) is 10.5. The lowest BCUT2D eigenvalue weighted by Crippen LogP contribution is -2.00. The molecule has 0 aliphatic heterocycles. The van der Waals surface area contributed by atoms with Crippen LogP contribution in [0.3, 0.4) is 0 Å². The maximum Gasteiger partial charge on any atom is 0.341 e. The quantitative estimate of drug-likeness (QED) is 0.834. The maximum atomic E-state index is 11.0. The van der Waals surface area contributed by atoms with Gasteiger partial charge in [0, 0.05) is 6.42 Å². The van der Waals surface area contributed by atoms with Crippen LogP contribution in [0.5, 0.6) is 0 Å². The summed E-state index contributed by atoms with van der Waals surface area (Å²) in [6.07, 6.45) is 1.94. The molecule has 1 N–H and O–H groups in total. The number of aryl methyl sites for hydroxylation is 1. The molecule has 5 nitrogen and oxygen atoms in total. The van der Waals surface area contributed by atoms with E-state index in [2.05, 4.69) is 5.16 Å². The fourth-order valence-corrected chi connectivity index (χ4v) is 1.37. The largest absolute Gasteiger partial charge is 0.477 e. The molecular weight excluding hydrogens is 198 g/mol. The predicted molar refractivity (Wildman–Crippen MR) is 50.5 cm³/mol. The van der Waals surface area contributed by atoms with Crippen LogP contribution in [0.15, 0.2) is 27.3 Å². The van der Waals surface area contributed by atoms with Gasteiger partial charge in [0.15, 0.2) is 17.2 Å². The summed E-state index contributed by atoms with van der Waals surface area (Å²) in [5.74, 6) is -0.302. The van der Waals surface area contributed by atoms with Crippen LogP contribution in [0.2, 0.25) is 0 Å². The summed E-state index contributed by atoms with van der Waals surface area (Å²) >= 11 is 0. The van der Waals surface area contributed by atoms with E-state index in [0.29, 0.717) is 17.9 Å². The molecule has 15 heavy (non-hydrogen) atoms. The highest BCUT2D eigenvalue weighted by Gasteiger charge is 2.23. The molecular formula is C10H9NO4.